The van der Waals surface area contributed by atoms with Gasteiger partial charge in [0.15, 0.2) is 0 Å². The molecule has 3 rings (SSSR count). The van der Waals surface area contributed by atoms with Crippen LogP contribution in [0.4, 0.5) is 5.69 Å². The van der Waals surface area contributed by atoms with E-state index in [9.17, 15) is 9.59 Å². The van der Waals surface area contributed by atoms with Crippen LogP contribution in [0.15, 0.2) is 36.7 Å². The molecule has 1 aliphatic rings. The highest BCUT2D eigenvalue weighted by molar-refractivity contribution is 5.96. The number of hydrogen-bond donors (Lipinski definition) is 2. The van der Waals surface area contributed by atoms with Crippen molar-refractivity contribution >= 4 is 17.5 Å². The average Bonchev–Trinajstić information content (AvgIpc) is 3.25. The van der Waals surface area contributed by atoms with E-state index in [0.717, 1.165) is 18.4 Å². The minimum atomic E-state index is -0.0729. The summed E-state index contributed by atoms with van der Waals surface area (Å²) in [6.07, 6.45) is 8.54. The molecule has 132 valence electrons. The zero-order valence-corrected chi connectivity index (χ0v) is 14.5. The highest BCUT2D eigenvalue weighted by Gasteiger charge is 2.17. The van der Waals surface area contributed by atoms with Gasteiger partial charge >= 0.3 is 0 Å². The fourth-order valence-electron chi connectivity index (χ4n) is 3.07. The van der Waals surface area contributed by atoms with Crippen molar-refractivity contribution in [3.8, 4) is 0 Å². The lowest BCUT2D eigenvalue weighted by atomic mass is 10.1. The Labute approximate surface area is 147 Å². The van der Waals surface area contributed by atoms with Crippen molar-refractivity contribution in [2.75, 3.05) is 5.32 Å². The fraction of sp³-hybridized carbons (Fsp3) is 0.421. The second-order valence-electron chi connectivity index (χ2n) is 6.61. The molecule has 0 spiro atoms. The molecular formula is C19H24N4O2. The Balaban J connectivity index is 1.47. The molecule has 1 aromatic carbocycles. The molecule has 0 radical (unpaired) electrons. The van der Waals surface area contributed by atoms with Crippen LogP contribution in [0.5, 0.6) is 0 Å². The van der Waals surface area contributed by atoms with Crippen molar-refractivity contribution in [3.63, 3.8) is 0 Å². The Bertz CT molecular complexity index is 730. The summed E-state index contributed by atoms with van der Waals surface area (Å²) in [6, 6.07) is 7.32. The SMILES string of the molecule is Cc1cnn(CCC(=O)Nc2ccc(C(=O)NC3CCCC3)cc2)c1. The maximum absolute atomic E-state index is 12.2. The smallest absolute Gasteiger partial charge is 0.251 e. The first-order chi connectivity index (χ1) is 12.1. The number of anilines is 1. The highest BCUT2D eigenvalue weighted by Crippen LogP contribution is 2.18. The summed E-state index contributed by atoms with van der Waals surface area (Å²) in [5.74, 6) is -0.116. The summed E-state index contributed by atoms with van der Waals surface area (Å²) in [7, 11) is 0. The van der Waals surface area contributed by atoms with Crippen molar-refractivity contribution in [2.24, 2.45) is 0 Å². The molecule has 0 aliphatic heterocycles. The van der Waals surface area contributed by atoms with E-state index in [1.54, 1.807) is 35.1 Å². The van der Waals surface area contributed by atoms with Crippen molar-refractivity contribution in [2.45, 2.75) is 51.6 Å². The van der Waals surface area contributed by atoms with E-state index in [1.165, 1.54) is 12.8 Å². The van der Waals surface area contributed by atoms with Crippen LogP contribution in [0, 0.1) is 6.92 Å². The average molecular weight is 340 g/mol. The van der Waals surface area contributed by atoms with Crippen LogP contribution in [0.3, 0.4) is 0 Å². The molecule has 0 unspecified atom stereocenters. The first kappa shape index (κ1) is 17.2. The van der Waals surface area contributed by atoms with Crippen LogP contribution >= 0.6 is 0 Å². The number of nitrogens with zero attached hydrogens (tertiary/aromatic N) is 2. The maximum atomic E-state index is 12.2. The van der Waals surface area contributed by atoms with Crippen LogP contribution in [0.2, 0.25) is 0 Å². The van der Waals surface area contributed by atoms with E-state index in [0.29, 0.717) is 30.3 Å². The van der Waals surface area contributed by atoms with Crippen molar-refractivity contribution < 1.29 is 9.59 Å². The van der Waals surface area contributed by atoms with Crippen LogP contribution in [0.1, 0.15) is 48.0 Å². The molecule has 6 nitrogen and oxygen atoms in total. The van der Waals surface area contributed by atoms with Gasteiger partial charge in [0.2, 0.25) is 5.91 Å². The van der Waals surface area contributed by atoms with Gasteiger partial charge in [0, 0.05) is 36.5 Å². The number of aromatic nitrogens is 2. The van der Waals surface area contributed by atoms with Crippen LogP contribution < -0.4 is 10.6 Å². The third-order valence-corrected chi connectivity index (χ3v) is 4.45. The van der Waals surface area contributed by atoms with E-state index in [2.05, 4.69) is 15.7 Å². The molecule has 1 fully saturated rings. The molecule has 25 heavy (non-hydrogen) atoms. The van der Waals surface area contributed by atoms with E-state index in [1.807, 2.05) is 13.1 Å². The summed E-state index contributed by atoms with van der Waals surface area (Å²) < 4.78 is 1.76. The number of carbonyl (C=O) groups excluding carboxylic acids is 2. The predicted octanol–water partition coefficient (Wildman–Crippen LogP) is 2.89. The fourth-order valence-corrected chi connectivity index (χ4v) is 3.07. The second-order valence-corrected chi connectivity index (χ2v) is 6.61. The topological polar surface area (TPSA) is 76.0 Å². The van der Waals surface area contributed by atoms with Gasteiger partial charge in [-0.2, -0.15) is 5.10 Å². The lowest BCUT2D eigenvalue weighted by Gasteiger charge is -2.12. The molecule has 6 heteroatoms. The molecule has 0 bridgehead atoms. The molecule has 2 N–H and O–H groups in total. The normalized spacial score (nSPS) is 14.4. The Kier molecular flexibility index (Phi) is 5.48. The molecular weight excluding hydrogens is 316 g/mol. The van der Waals surface area contributed by atoms with Gasteiger partial charge in [-0.1, -0.05) is 12.8 Å². The second kappa shape index (κ2) is 7.96. The van der Waals surface area contributed by atoms with Crippen molar-refractivity contribution in [3.05, 3.63) is 47.8 Å². The number of nitrogens with one attached hydrogen (secondary N) is 2. The summed E-state index contributed by atoms with van der Waals surface area (Å²) in [5.41, 5.74) is 2.39. The maximum Gasteiger partial charge on any atom is 0.251 e. The van der Waals surface area contributed by atoms with Gasteiger partial charge in [-0.3, -0.25) is 14.3 Å². The number of hydrogen-bond acceptors (Lipinski definition) is 3. The summed E-state index contributed by atoms with van der Waals surface area (Å²) >= 11 is 0. The molecule has 0 atom stereocenters. The third-order valence-electron chi connectivity index (χ3n) is 4.45. The molecule has 1 aromatic heterocycles. The lowest BCUT2D eigenvalue weighted by Crippen LogP contribution is -2.32. The molecule has 2 amide bonds. The van der Waals surface area contributed by atoms with Gasteiger partial charge in [-0.15, -0.1) is 0 Å². The van der Waals surface area contributed by atoms with Gasteiger partial charge < -0.3 is 10.6 Å². The van der Waals surface area contributed by atoms with E-state index >= 15 is 0 Å². The lowest BCUT2D eigenvalue weighted by molar-refractivity contribution is -0.116. The number of aryl methyl sites for hydroxylation is 2. The summed E-state index contributed by atoms with van der Waals surface area (Å²) in [4.78, 5) is 24.2. The van der Waals surface area contributed by atoms with Gasteiger partial charge in [0.25, 0.3) is 5.91 Å². The minimum Gasteiger partial charge on any atom is -0.349 e. The largest absolute Gasteiger partial charge is 0.349 e. The van der Waals surface area contributed by atoms with E-state index in [-0.39, 0.29) is 11.8 Å². The standard InChI is InChI=1S/C19H24N4O2/c1-14-12-20-23(13-14)11-10-18(24)21-17-8-6-15(7-9-17)19(25)22-16-4-2-3-5-16/h6-9,12-13,16H,2-5,10-11H2,1H3,(H,21,24)(H,22,25). The predicted molar refractivity (Wildman–Crippen MR) is 96.4 cm³/mol. The molecule has 1 aliphatic carbocycles. The molecule has 1 saturated carbocycles. The Morgan fingerprint density at radius 3 is 2.56 bits per heavy atom. The first-order valence-electron chi connectivity index (χ1n) is 8.80. The van der Waals surface area contributed by atoms with E-state index < -0.39 is 0 Å². The van der Waals surface area contributed by atoms with Crippen LogP contribution in [-0.2, 0) is 11.3 Å². The van der Waals surface area contributed by atoms with Crippen molar-refractivity contribution in [1.29, 1.82) is 0 Å². The molecule has 1 heterocycles. The Hall–Kier alpha value is -2.63. The number of rotatable bonds is 6. The minimum absolute atomic E-state index is 0.0428. The quantitative estimate of drug-likeness (QED) is 0.849. The van der Waals surface area contributed by atoms with Crippen LogP contribution in [0.25, 0.3) is 0 Å². The molecule has 2 aromatic rings. The van der Waals surface area contributed by atoms with E-state index in [4.69, 9.17) is 0 Å². The Morgan fingerprint density at radius 2 is 1.92 bits per heavy atom. The van der Waals surface area contributed by atoms with Gasteiger partial charge in [-0.25, -0.2) is 0 Å². The van der Waals surface area contributed by atoms with Crippen LogP contribution in [-0.4, -0.2) is 27.6 Å². The summed E-state index contributed by atoms with van der Waals surface area (Å²) in [5, 5.41) is 10.1. The van der Waals surface area contributed by atoms with Crippen molar-refractivity contribution in [1.82, 2.24) is 15.1 Å². The van der Waals surface area contributed by atoms with Gasteiger partial charge in [0.1, 0.15) is 0 Å². The highest BCUT2D eigenvalue weighted by atomic mass is 16.2. The zero-order valence-electron chi connectivity index (χ0n) is 14.5. The number of amides is 2. The summed E-state index contributed by atoms with van der Waals surface area (Å²) in [6.45, 7) is 2.51. The molecule has 0 saturated heterocycles. The van der Waals surface area contributed by atoms with Gasteiger partial charge in [-0.05, 0) is 49.6 Å². The number of carbonyl (C=O) groups is 2. The van der Waals surface area contributed by atoms with Gasteiger partial charge in [0.05, 0.1) is 6.20 Å². The zero-order chi connectivity index (χ0) is 17.6. The first-order valence-corrected chi connectivity index (χ1v) is 8.80. The number of benzene rings is 1. The Morgan fingerprint density at radius 1 is 1.20 bits per heavy atom. The third kappa shape index (κ3) is 4.92. The monoisotopic (exact) mass is 340 g/mol.